The Bertz CT molecular complexity index is 1460. The van der Waals surface area contributed by atoms with Gasteiger partial charge in [0.25, 0.3) is 0 Å². The second kappa shape index (κ2) is 11.1. The first kappa shape index (κ1) is 26.2. The number of nitrogens with zero attached hydrogens (tertiary/aromatic N) is 3. The fourth-order valence-electron chi connectivity index (χ4n) is 5.03. The summed E-state index contributed by atoms with van der Waals surface area (Å²) in [6, 6.07) is 19.8. The number of rotatable bonds is 8. The van der Waals surface area contributed by atoms with Gasteiger partial charge in [-0.15, -0.1) is 0 Å². The lowest BCUT2D eigenvalue weighted by molar-refractivity contribution is 0.146. The molecule has 6 nitrogen and oxygen atoms in total. The molecule has 4 aromatic rings. The average Bonchev–Trinajstić information content (AvgIpc) is 3.41. The lowest BCUT2D eigenvalue weighted by Crippen LogP contribution is -2.29. The van der Waals surface area contributed by atoms with Crippen LogP contribution < -0.4 is 15.0 Å². The van der Waals surface area contributed by atoms with Gasteiger partial charge in [-0.1, -0.05) is 29.8 Å². The van der Waals surface area contributed by atoms with E-state index in [0.29, 0.717) is 34.8 Å². The number of ether oxygens (including phenoxy) is 2. The third-order valence-corrected chi connectivity index (χ3v) is 7.33. The zero-order valence-electron chi connectivity index (χ0n) is 21.3. The van der Waals surface area contributed by atoms with Crippen molar-refractivity contribution in [1.29, 1.82) is 0 Å². The SMILES string of the molecule is COCCOc1ccc(N2C(=S)N[C@@H](c3ccccn3)[C@@H]2c2cc(C)n(-c3ccccc3F)c2C)cc1Cl. The van der Waals surface area contributed by atoms with E-state index in [0.717, 1.165) is 28.3 Å². The van der Waals surface area contributed by atoms with Crippen LogP contribution in [0.5, 0.6) is 5.75 Å². The van der Waals surface area contributed by atoms with Crippen LogP contribution in [0.1, 0.15) is 34.7 Å². The first-order valence-corrected chi connectivity index (χ1v) is 13.0. The van der Waals surface area contributed by atoms with Gasteiger partial charge in [-0.3, -0.25) is 4.98 Å². The van der Waals surface area contributed by atoms with Gasteiger partial charge in [-0.2, -0.15) is 0 Å². The molecular formula is C29H28ClFN4O2S. The number of pyridine rings is 1. The number of hydrogen-bond acceptors (Lipinski definition) is 4. The molecule has 2 aromatic heterocycles. The van der Waals surface area contributed by atoms with Gasteiger partial charge < -0.3 is 24.3 Å². The number of methoxy groups -OCH3 is 1. The Morgan fingerprint density at radius 3 is 2.55 bits per heavy atom. The molecule has 2 atom stereocenters. The third-order valence-electron chi connectivity index (χ3n) is 6.72. The van der Waals surface area contributed by atoms with Crippen molar-refractivity contribution in [2.24, 2.45) is 0 Å². The molecular weight excluding hydrogens is 523 g/mol. The minimum atomic E-state index is -0.283. The van der Waals surface area contributed by atoms with Gasteiger partial charge in [0.05, 0.1) is 35.1 Å². The Kier molecular flexibility index (Phi) is 7.65. The van der Waals surface area contributed by atoms with Gasteiger partial charge in [0.2, 0.25) is 0 Å². The molecule has 0 amide bonds. The number of halogens is 2. The third kappa shape index (κ3) is 4.87. The van der Waals surface area contributed by atoms with E-state index in [1.54, 1.807) is 25.4 Å². The number of para-hydroxylation sites is 1. The number of nitrogens with one attached hydrogen (secondary N) is 1. The van der Waals surface area contributed by atoms with Crippen LogP contribution in [-0.2, 0) is 4.74 Å². The maximum Gasteiger partial charge on any atom is 0.174 e. The first-order valence-electron chi connectivity index (χ1n) is 12.3. The van der Waals surface area contributed by atoms with E-state index in [1.165, 1.54) is 6.07 Å². The smallest absolute Gasteiger partial charge is 0.174 e. The number of aromatic nitrogens is 2. The summed E-state index contributed by atoms with van der Waals surface area (Å²) in [6.45, 7) is 4.84. The maximum absolute atomic E-state index is 14.9. The molecule has 0 aliphatic carbocycles. The topological polar surface area (TPSA) is 51.6 Å². The Hall–Kier alpha value is -3.46. The Labute approximate surface area is 232 Å². The second-order valence-electron chi connectivity index (χ2n) is 9.07. The van der Waals surface area contributed by atoms with Gasteiger partial charge in [-0.05, 0) is 80.2 Å². The van der Waals surface area contributed by atoms with Crippen LogP contribution in [0.4, 0.5) is 10.1 Å². The van der Waals surface area contributed by atoms with Crippen molar-refractivity contribution < 1.29 is 13.9 Å². The molecule has 1 aliphatic rings. The fraction of sp³-hybridized carbons (Fsp3) is 0.241. The van der Waals surface area contributed by atoms with E-state index in [4.69, 9.17) is 33.3 Å². The summed E-state index contributed by atoms with van der Waals surface area (Å²) in [5.41, 5.74) is 5.00. The molecule has 3 heterocycles. The first-order chi connectivity index (χ1) is 18.4. The maximum atomic E-state index is 14.9. The summed E-state index contributed by atoms with van der Waals surface area (Å²) in [5, 5.41) is 4.49. The highest BCUT2D eigenvalue weighted by Crippen LogP contribution is 2.45. The molecule has 9 heteroatoms. The summed E-state index contributed by atoms with van der Waals surface area (Å²) in [4.78, 5) is 6.68. The van der Waals surface area contributed by atoms with Gasteiger partial charge in [-0.25, -0.2) is 4.39 Å². The molecule has 1 aliphatic heterocycles. The normalized spacial score (nSPS) is 17.1. The summed E-state index contributed by atoms with van der Waals surface area (Å²) in [6.07, 6.45) is 1.77. The van der Waals surface area contributed by atoms with Crippen molar-refractivity contribution in [2.45, 2.75) is 25.9 Å². The zero-order valence-corrected chi connectivity index (χ0v) is 22.9. The van der Waals surface area contributed by atoms with Crippen LogP contribution in [0.25, 0.3) is 5.69 Å². The van der Waals surface area contributed by atoms with Crippen molar-refractivity contribution in [2.75, 3.05) is 25.2 Å². The Balaban J connectivity index is 1.61. The van der Waals surface area contributed by atoms with Crippen LogP contribution >= 0.6 is 23.8 Å². The highest BCUT2D eigenvalue weighted by atomic mass is 35.5. The van der Waals surface area contributed by atoms with Crippen LogP contribution in [0.3, 0.4) is 0 Å². The van der Waals surface area contributed by atoms with E-state index < -0.39 is 0 Å². The van der Waals surface area contributed by atoms with E-state index in [-0.39, 0.29) is 17.9 Å². The molecule has 0 radical (unpaired) electrons. The summed E-state index contributed by atoms with van der Waals surface area (Å²) >= 11 is 12.5. The van der Waals surface area contributed by atoms with Crippen molar-refractivity contribution in [1.82, 2.24) is 14.9 Å². The van der Waals surface area contributed by atoms with Gasteiger partial charge in [0.1, 0.15) is 18.2 Å². The number of aryl methyl sites for hydroxylation is 1. The molecule has 1 fully saturated rings. The van der Waals surface area contributed by atoms with E-state index in [9.17, 15) is 4.39 Å². The molecule has 1 N–H and O–H groups in total. The van der Waals surface area contributed by atoms with Crippen LogP contribution in [0.15, 0.2) is 72.9 Å². The van der Waals surface area contributed by atoms with Crippen LogP contribution in [-0.4, -0.2) is 35.0 Å². The van der Waals surface area contributed by atoms with Crippen LogP contribution in [0, 0.1) is 19.7 Å². The molecule has 0 bridgehead atoms. The fourth-order valence-corrected chi connectivity index (χ4v) is 5.61. The van der Waals surface area contributed by atoms with Crippen LogP contribution in [0.2, 0.25) is 5.02 Å². The van der Waals surface area contributed by atoms with Crippen molar-refractivity contribution >= 4 is 34.6 Å². The van der Waals surface area contributed by atoms with E-state index >= 15 is 0 Å². The summed E-state index contributed by atoms with van der Waals surface area (Å²) in [7, 11) is 1.62. The summed E-state index contributed by atoms with van der Waals surface area (Å²) < 4.78 is 27.6. The molecule has 196 valence electrons. The van der Waals surface area contributed by atoms with Crippen molar-refractivity contribution in [3.8, 4) is 11.4 Å². The van der Waals surface area contributed by atoms with Crippen molar-refractivity contribution in [3.63, 3.8) is 0 Å². The highest BCUT2D eigenvalue weighted by Gasteiger charge is 2.42. The minimum absolute atomic E-state index is 0.241. The second-order valence-corrected chi connectivity index (χ2v) is 9.86. The summed E-state index contributed by atoms with van der Waals surface area (Å²) in [5.74, 6) is 0.288. The number of anilines is 1. The van der Waals surface area contributed by atoms with Gasteiger partial charge >= 0.3 is 0 Å². The monoisotopic (exact) mass is 550 g/mol. The Morgan fingerprint density at radius 2 is 1.84 bits per heavy atom. The molecule has 5 rings (SSSR count). The lowest BCUT2D eigenvalue weighted by atomic mass is 9.96. The Morgan fingerprint density at radius 1 is 1.05 bits per heavy atom. The molecule has 2 aromatic carbocycles. The lowest BCUT2D eigenvalue weighted by Gasteiger charge is -2.28. The van der Waals surface area contributed by atoms with E-state index in [1.807, 2.05) is 65.8 Å². The molecule has 0 unspecified atom stereocenters. The molecule has 38 heavy (non-hydrogen) atoms. The molecule has 0 saturated carbocycles. The number of thiocarbonyl (C=S) groups is 1. The van der Waals surface area contributed by atoms with Gasteiger partial charge in [0.15, 0.2) is 5.11 Å². The predicted molar refractivity (Wildman–Crippen MR) is 152 cm³/mol. The van der Waals surface area contributed by atoms with E-state index in [2.05, 4.69) is 16.4 Å². The minimum Gasteiger partial charge on any atom is -0.490 e. The predicted octanol–water partition coefficient (Wildman–Crippen LogP) is 6.48. The molecule has 1 saturated heterocycles. The quantitative estimate of drug-likeness (QED) is 0.200. The van der Waals surface area contributed by atoms with Gasteiger partial charge in [0, 0.05) is 30.4 Å². The zero-order chi connectivity index (χ0) is 26.8. The largest absolute Gasteiger partial charge is 0.490 e. The number of hydrogen-bond donors (Lipinski definition) is 1. The highest BCUT2D eigenvalue weighted by molar-refractivity contribution is 7.80. The standard InChI is InChI=1S/C29H28ClFN4O2S/c1-18-16-21(19(2)34(18)25-10-5-4-8-23(25)31)28-27(24-9-6-7-13-32-24)33-29(38)35(28)20-11-12-26(22(30)17-20)37-15-14-36-3/h4-13,16-17,27-28H,14-15H2,1-3H3,(H,33,38)/t27-,28-/m0/s1. The molecule has 0 spiro atoms. The van der Waals surface area contributed by atoms with Crippen molar-refractivity contribution in [3.05, 3.63) is 106 Å². The number of benzene rings is 2. The average molecular weight is 551 g/mol.